The molecule has 2 saturated heterocycles. The van der Waals surface area contributed by atoms with Crippen molar-refractivity contribution in [3.05, 3.63) is 29.8 Å². The van der Waals surface area contributed by atoms with Gasteiger partial charge in [0, 0.05) is 0 Å². The van der Waals surface area contributed by atoms with Crippen LogP contribution in [0.1, 0.15) is 5.56 Å². The van der Waals surface area contributed by atoms with E-state index in [1.807, 2.05) is 6.92 Å². The summed E-state index contributed by atoms with van der Waals surface area (Å²) in [6, 6.07) is 6.42. The Bertz CT molecular complexity index is 581. The van der Waals surface area contributed by atoms with Crippen LogP contribution in [-0.4, -0.2) is 51.2 Å². The predicted octanol–water partition coefficient (Wildman–Crippen LogP) is 0.227. The molecule has 6 nitrogen and oxygen atoms in total. The van der Waals surface area contributed by atoms with Gasteiger partial charge in [-0.25, -0.2) is 0 Å². The van der Waals surface area contributed by atoms with E-state index < -0.39 is 34.5 Å². The molecule has 2 heterocycles. The molecule has 0 aliphatic carbocycles. The maximum Gasteiger partial charge on any atom is 0.297 e. The second kappa shape index (κ2) is 5.09. The van der Waals surface area contributed by atoms with E-state index in [0.29, 0.717) is 0 Å². The number of aliphatic hydroxyl groups is 1. The van der Waals surface area contributed by atoms with E-state index in [-0.39, 0.29) is 18.1 Å². The van der Waals surface area contributed by atoms with Crippen molar-refractivity contribution in [1.29, 1.82) is 0 Å². The number of rotatable bonds is 3. The maximum absolute atomic E-state index is 12.2. The molecule has 2 fully saturated rings. The van der Waals surface area contributed by atoms with Gasteiger partial charge in [0.1, 0.15) is 24.4 Å². The Morgan fingerprint density at radius 1 is 1.15 bits per heavy atom. The summed E-state index contributed by atoms with van der Waals surface area (Å²) in [4.78, 5) is 0.102. The fourth-order valence-electron chi connectivity index (χ4n) is 2.45. The number of fused-ring (bicyclic) bond motifs is 1. The third-order valence-electron chi connectivity index (χ3n) is 3.54. The van der Waals surface area contributed by atoms with E-state index in [4.69, 9.17) is 13.7 Å². The summed E-state index contributed by atoms with van der Waals surface area (Å²) < 4.78 is 40.2. The standard InChI is InChI=1S/C13H16O6S/c1-8-2-4-9(5-3-8)20(15,16)19-11-7-18-12-10(14)6-17-13(11)12/h2-5,10-14H,6-7H2,1H3/t10-,11-,12+,13-/m0/s1. The second-order valence-electron chi connectivity index (χ2n) is 5.07. The number of aryl methyl sites for hydroxylation is 1. The highest BCUT2D eigenvalue weighted by Crippen LogP contribution is 2.30. The Hall–Kier alpha value is -0.990. The molecule has 0 amide bonds. The van der Waals surface area contributed by atoms with Crippen LogP contribution < -0.4 is 0 Å². The van der Waals surface area contributed by atoms with Gasteiger partial charge in [-0.1, -0.05) is 17.7 Å². The van der Waals surface area contributed by atoms with Crippen LogP contribution in [0, 0.1) is 6.92 Å². The molecule has 0 aromatic heterocycles. The van der Waals surface area contributed by atoms with E-state index in [1.54, 1.807) is 12.1 Å². The first-order chi connectivity index (χ1) is 9.47. The van der Waals surface area contributed by atoms with Gasteiger partial charge in [0.15, 0.2) is 0 Å². The largest absolute Gasteiger partial charge is 0.388 e. The zero-order chi connectivity index (χ0) is 14.3. The van der Waals surface area contributed by atoms with Gasteiger partial charge in [-0.2, -0.15) is 8.42 Å². The highest BCUT2D eigenvalue weighted by molar-refractivity contribution is 7.86. The van der Waals surface area contributed by atoms with Crippen molar-refractivity contribution < 1.29 is 27.2 Å². The van der Waals surface area contributed by atoms with Crippen molar-refractivity contribution in [2.75, 3.05) is 13.2 Å². The monoisotopic (exact) mass is 300 g/mol. The van der Waals surface area contributed by atoms with Gasteiger partial charge >= 0.3 is 0 Å². The van der Waals surface area contributed by atoms with E-state index in [9.17, 15) is 13.5 Å². The average Bonchev–Trinajstić information content (AvgIpc) is 2.95. The van der Waals surface area contributed by atoms with E-state index >= 15 is 0 Å². The quantitative estimate of drug-likeness (QED) is 0.805. The Balaban J connectivity index is 1.76. The minimum atomic E-state index is -3.86. The number of ether oxygens (including phenoxy) is 2. The highest BCUT2D eigenvalue weighted by Gasteiger charge is 2.49. The smallest absolute Gasteiger partial charge is 0.297 e. The van der Waals surface area contributed by atoms with Gasteiger partial charge in [-0.3, -0.25) is 4.18 Å². The fourth-order valence-corrected chi connectivity index (χ4v) is 3.52. The van der Waals surface area contributed by atoms with Crippen molar-refractivity contribution in [3.8, 4) is 0 Å². The summed E-state index contributed by atoms with van der Waals surface area (Å²) in [7, 11) is -3.86. The number of benzene rings is 1. The van der Waals surface area contributed by atoms with Gasteiger partial charge in [-0.15, -0.1) is 0 Å². The zero-order valence-electron chi connectivity index (χ0n) is 10.9. The van der Waals surface area contributed by atoms with Crippen LogP contribution in [0.15, 0.2) is 29.2 Å². The Kier molecular flexibility index (Phi) is 3.55. The van der Waals surface area contributed by atoms with E-state index in [1.165, 1.54) is 12.1 Å². The lowest BCUT2D eigenvalue weighted by molar-refractivity contribution is 0.00979. The SMILES string of the molecule is Cc1ccc(S(=O)(=O)O[C@H]2CO[C@H]3[C@H]2OC[C@@H]3O)cc1. The lowest BCUT2D eigenvalue weighted by atomic mass is 10.1. The average molecular weight is 300 g/mol. The molecule has 1 N–H and O–H groups in total. The van der Waals surface area contributed by atoms with Crippen LogP contribution in [0.5, 0.6) is 0 Å². The predicted molar refractivity (Wildman–Crippen MR) is 68.7 cm³/mol. The molecule has 0 saturated carbocycles. The van der Waals surface area contributed by atoms with E-state index in [0.717, 1.165) is 5.56 Å². The van der Waals surface area contributed by atoms with Crippen LogP contribution >= 0.6 is 0 Å². The molecule has 0 spiro atoms. The van der Waals surface area contributed by atoms with Gasteiger partial charge in [0.25, 0.3) is 10.1 Å². The third-order valence-corrected chi connectivity index (χ3v) is 4.89. The number of hydrogen-bond acceptors (Lipinski definition) is 6. The molecule has 110 valence electrons. The molecule has 0 unspecified atom stereocenters. The normalized spacial score (nSPS) is 33.3. The Morgan fingerprint density at radius 2 is 1.80 bits per heavy atom. The van der Waals surface area contributed by atoms with Crippen molar-refractivity contribution in [3.63, 3.8) is 0 Å². The molecule has 3 rings (SSSR count). The number of hydrogen-bond donors (Lipinski definition) is 1. The van der Waals surface area contributed by atoms with Crippen LogP contribution in [0.3, 0.4) is 0 Å². The summed E-state index contributed by atoms with van der Waals surface area (Å²) in [6.45, 7) is 2.11. The summed E-state index contributed by atoms with van der Waals surface area (Å²) in [5.41, 5.74) is 0.968. The molecule has 2 aliphatic rings. The van der Waals surface area contributed by atoms with Crippen molar-refractivity contribution in [1.82, 2.24) is 0 Å². The first-order valence-corrected chi connectivity index (χ1v) is 7.79. The first kappa shape index (κ1) is 14.0. The zero-order valence-corrected chi connectivity index (χ0v) is 11.7. The molecule has 1 aromatic carbocycles. The molecule has 0 radical (unpaired) electrons. The summed E-state index contributed by atoms with van der Waals surface area (Å²) in [6.07, 6.45) is -2.49. The summed E-state index contributed by atoms with van der Waals surface area (Å²) in [5, 5.41) is 9.61. The van der Waals surface area contributed by atoms with Crippen molar-refractivity contribution in [2.45, 2.75) is 36.2 Å². The van der Waals surface area contributed by atoms with Crippen LogP contribution in [0.4, 0.5) is 0 Å². The summed E-state index contributed by atoms with van der Waals surface area (Å²) >= 11 is 0. The van der Waals surface area contributed by atoms with Crippen molar-refractivity contribution >= 4 is 10.1 Å². The molecule has 1 aromatic rings. The molecule has 2 aliphatic heterocycles. The van der Waals surface area contributed by atoms with Crippen LogP contribution in [0.2, 0.25) is 0 Å². The topological polar surface area (TPSA) is 82.1 Å². The Labute approximate surface area is 117 Å². The second-order valence-corrected chi connectivity index (χ2v) is 6.64. The molecule has 7 heteroatoms. The van der Waals surface area contributed by atoms with Crippen LogP contribution in [-0.2, 0) is 23.8 Å². The maximum atomic E-state index is 12.2. The summed E-state index contributed by atoms with van der Waals surface area (Å²) in [5.74, 6) is 0. The molecule has 20 heavy (non-hydrogen) atoms. The van der Waals surface area contributed by atoms with Crippen molar-refractivity contribution in [2.24, 2.45) is 0 Å². The van der Waals surface area contributed by atoms with Crippen LogP contribution in [0.25, 0.3) is 0 Å². The third kappa shape index (κ3) is 2.47. The molecular weight excluding hydrogens is 284 g/mol. The highest BCUT2D eigenvalue weighted by atomic mass is 32.2. The van der Waals surface area contributed by atoms with Gasteiger partial charge < -0.3 is 14.6 Å². The molecule has 0 bridgehead atoms. The molecular formula is C13H16O6S. The number of aliphatic hydroxyl groups excluding tert-OH is 1. The minimum absolute atomic E-state index is 0.0947. The van der Waals surface area contributed by atoms with Gasteiger partial charge in [0.05, 0.1) is 18.1 Å². The lowest BCUT2D eigenvalue weighted by Gasteiger charge is -2.16. The van der Waals surface area contributed by atoms with Gasteiger partial charge in [-0.05, 0) is 19.1 Å². The Morgan fingerprint density at radius 3 is 2.50 bits per heavy atom. The van der Waals surface area contributed by atoms with Gasteiger partial charge in [0.2, 0.25) is 0 Å². The first-order valence-electron chi connectivity index (χ1n) is 6.38. The fraction of sp³-hybridized carbons (Fsp3) is 0.538. The lowest BCUT2D eigenvalue weighted by Crippen LogP contribution is -2.34. The minimum Gasteiger partial charge on any atom is -0.388 e. The molecule has 4 atom stereocenters. The van der Waals surface area contributed by atoms with E-state index in [2.05, 4.69) is 0 Å².